The van der Waals surface area contributed by atoms with Crippen LogP contribution in [-0.2, 0) is 9.53 Å². The molecule has 1 heterocycles. The Balaban J connectivity index is 2.45. The number of nitrogens with zero attached hydrogens (tertiary/aromatic N) is 2. The SMILES string of the molecule is COC(=O)C(C)C(C)N(C)CC1CCCN1C. The number of esters is 1. The molecule has 0 aromatic heterocycles. The van der Waals surface area contributed by atoms with Gasteiger partial charge in [-0.05, 0) is 40.4 Å². The van der Waals surface area contributed by atoms with E-state index in [1.807, 2.05) is 6.92 Å². The summed E-state index contributed by atoms with van der Waals surface area (Å²) >= 11 is 0. The summed E-state index contributed by atoms with van der Waals surface area (Å²) in [5.74, 6) is -0.194. The topological polar surface area (TPSA) is 32.8 Å². The summed E-state index contributed by atoms with van der Waals surface area (Å²) in [6.45, 7) is 6.25. The number of carbonyl (C=O) groups excluding carboxylic acids is 1. The van der Waals surface area contributed by atoms with E-state index in [-0.39, 0.29) is 17.9 Å². The molecule has 1 rings (SSSR count). The normalized spacial score (nSPS) is 24.9. The number of likely N-dealkylation sites (N-methyl/N-ethyl adjacent to an activating group) is 2. The highest BCUT2D eigenvalue weighted by Gasteiger charge is 2.28. The van der Waals surface area contributed by atoms with E-state index in [0.717, 1.165) is 6.54 Å². The largest absolute Gasteiger partial charge is 0.469 e. The number of ether oxygens (including phenoxy) is 1. The van der Waals surface area contributed by atoms with Crippen molar-refractivity contribution < 1.29 is 9.53 Å². The second-order valence-electron chi connectivity index (χ2n) is 5.27. The van der Waals surface area contributed by atoms with Gasteiger partial charge < -0.3 is 14.5 Å². The van der Waals surface area contributed by atoms with Crippen LogP contribution in [0.3, 0.4) is 0 Å². The van der Waals surface area contributed by atoms with Crippen molar-refractivity contribution in [3.8, 4) is 0 Å². The van der Waals surface area contributed by atoms with Crippen LogP contribution in [0.5, 0.6) is 0 Å². The lowest BCUT2D eigenvalue weighted by atomic mass is 10.0. The predicted molar refractivity (Wildman–Crippen MR) is 68.9 cm³/mol. The van der Waals surface area contributed by atoms with Gasteiger partial charge in [0.15, 0.2) is 0 Å². The van der Waals surface area contributed by atoms with Crippen molar-refractivity contribution in [2.45, 2.75) is 38.8 Å². The molecule has 0 saturated carbocycles. The molecule has 1 fully saturated rings. The first-order valence-corrected chi connectivity index (χ1v) is 6.45. The molecule has 0 spiro atoms. The Bertz CT molecular complexity index is 258. The first-order chi connectivity index (χ1) is 7.97. The Labute approximate surface area is 105 Å². The van der Waals surface area contributed by atoms with Crippen LogP contribution in [0.25, 0.3) is 0 Å². The minimum atomic E-state index is -0.121. The average Bonchev–Trinajstić information content (AvgIpc) is 2.72. The van der Waals surface area contributed by atoms with Gasteiger partial charge in [0.1, 0.15) is 0 Å². The average molecular weight is 242 g/mol. The van der Waals surface area contributed by atoms with Gasteiger partial charge >= 0.3 is 5.97 Å². The Kier molecular flexibility index (Phi) is 5.40. The third-order valence-corrected chi connectivity index (χ3v) is 4.16. The summed E-state index contributed by atoms with van der Waals surface area (Å²) in [4.78, 5) is 16.2. The van der Waals surface area contributed by atoms with Gasteiger partial charge in [-0.15, -0.1) is 0 Å². The quantitative estimate of drug-likeness (QED) is 0.678. The van der Waals surface area contributed by atoms with E-state index in [9.17, 15) is 4.79 Å². The number of methoxy groups -OCH3 is 1. The first kappa shape index (κ1) is 14.5. The number of carbonyl (C=O) groups is 1. The lowest BCUT2D eigenvalue weighted by molar-refractivity contribution is -0.146. The van der Waals surface area contributed by atoms with Crippen molar-refractivity contribution in [2.24, 2.45) is 5.92 Å². The molecule has 0 bridgehead atoms. The van der Waals surface area contributed by atoms with E-state index in [2.05, 4.69) is 30.8 Å². The van der Waals surface area contributed by atoms with Crippen LogP contribution in [0, 0.1) is 5.92 Å². The van der Waals surface area contributed by atoms with Crippen LogP contribution in [0.2, 0.25) is 0 Å². The van der Waals surface area contributed by atoms with Crippen LogP contribution >= 0.6 is 0 Å². The third-order valence-electron chi connectivity index (χ3n) is 4.16. The zero-order chi connectivity index (χ0) is 13.0. The molecule has 1 aliphatic rings. The van der Waals surface area contributed by atoms with E-state index in [1.54, 1.807) is 0 Å². The third kappa shape index (κ3) is 3.68. The van der Waals surface area contributed by atoms with Crippen molar-refractivity contribution in [1.82, 2.24) is 9.80 Å². The highest BCUT2D eigenvalue weighted by molar-refractivity contribution is 5.72. The number of likely N-dealkylation sites (tertiary alicyclic amines) is 1. The van der Waals surface area contributed by atoms with Crippen LogP contribution in [0.1, 0.15) is 26.7 Å². The van der Waals surface area contributed by atoms with Crippen molar-refractivity contribution in [3.05, 3.63) is 0 Å². The molecule has 0 aliphatic carbocycles. The molecule has 0 aromatic carbocycles. The molecule has 0 radical (unpaired) electrons. The summed E-state index contributed by atoms with van der Waals surface area (Å²) in [6.07, 6.45) is 2.55. The van der Waals surface area contributed by atoms with Crippen LogP contribution in [0.4, 0.5) is 0 Å². The summed E-state index contributed by atoms with van der Waals surface area (Å²) in [5.41, 5.74) is 0. The number of hydrogen-bond donors (Lipinski definition) is 0. The summed E-state index contributed by atoms with van der Waals surface area (Å²) < 4.78 is 4.80. The number of rotatable bonds is 5. The van der Waals surface area contributed by atoms with Gasteiger partial charge in [0.05, 0.1) is 13.0 Å². The van der Waals surface area contributed by atoms with Crippen molar-refractivity contribution in [2.75, 3.05) is 34.3 Å². The van der Waals surface area contributed by atoms with E-state index < -0.39 is 0 Å². The molecule has 3 atom stereocenters. The van der Waals surface area contributed by atoms with Gasteiger partial charge in [-0.1, -0.05) is 6.92 Å². The fourth-order valence-corrected chi connectivity index (χ4v) is 2.47. The zero-order valence-corrected chi connectivity index (χ0v) is 11.8. The minimum Gasteiger partial charge on any atom is -0.469 e. The van der Waals surface area contributed by atoms with Crippen LogP contribution < -0.4 is 0 Å². The highest BCUT2D eigenvalue weighted by Crippen LogP contribution is 2.18. The van der Waals surface area contributed by atoms with E-state index in [0.29, 0.717) is 6.04 Å². The maximum Gasteiger partial charge on any atom is 0.309 e. The van der Waals surface area contributed by atoms with Gasteiger partial charge in [0.25, 0.3) is 0 Å². The monoisotopic (exact) mass is 242 g/mol. The molecular weight excluding hydrogens is 216 g/mol. The molecule has 3 unspecified atom stereocenters. The van der Waals surface area contributed by atoms with Gasteiger partial charge in [-0.3, -0.25) is 4.79 Å². The Morgan fingerprint density at radius 1 is 1.53 bits per heavy atom. The van der Waals surface area contributed by atoms with Gasteiger partial charge in [-0.2, -0.15) is 0 Å². The second-order valence-corrected chi connectivity index (χ2v) is 5.27. The second kappa shape index (κ2) is 6.36. The molecule has 0 N–H and O–H groups in total. The van der Waals surface area contributed by atoms with Crippen molar-refractivity contribution in [1.29, 1.82) is 0 Å². The first-order valence-electron chi connectivity index (χ1n) is 6.45. The number of hydrogen-bond acceptors (Lipinski definition) is 4. The smallest absolute Gasteiger partial charge is 0.309 e. The van der Waals surface area contributed by atoms with Crippen LogP contribution in [0.15, 0.2) is 0 Å². The maximum atomic E-state index is 11.5. The molecule has 100 valence electrons. The van der Waals surface area contributed by atoms with Gasteiger partial charge in [0.2, 0.25) is 0 Å². The highest BCUT2D eigenvalue weighted by atomic mass is 16.5. The van der Waals surface area contributed by atoms with Crippen molar-refractivity contribution in [3.63, 3.8) is 0 Å². The predicted octanol–water partition coefficient (Wildman–Crippen LogP) is 1.21. The Morgan fingerprint density at radius 2 is 2.18 bits per heavy atom. The van der Waals surface area contributed by atoms with Gasteiger partial charge in [-0.25, -0.2) is 0 Å². The molecule has 17 heavy (non-hydrogen) atoms. The zero-order valence-electron chi connectivity index (χ0n) is 11.8. The minimum absolute atomic E-state index is 0.0725. The van der Waals surface area contributed by atoms with Gasteiger partial charge in [0, 0.05) is 18.6 Å². The van der Waals surface area contributed by atoms with Crippen LogP contribution in [-0.4, -0.2) is 62.1 Å². The van der Waals surface area contributed by atoms with E-state index in [4.69, 9.17) is 4.74 Å². The summed E-state index contributed by atoms with van der Waals surface area (Å²) in [5, 5.41) is 0. The Morgan fingerprint density at radius 3 is 2.65 bits per heavy atom. The molecule has 1 aliphatic heterocycles. The fourth-order valence-electron chi connectivity index (χ4n) is 2.47. The lowest BCUT2D eigenvalue weighted by Gasteiger charge is -2.32. The fraction of sp³-hybridized carbons (Fsp3) is 0.923. The molecule has 1 saturated heterocycles. The Hall–Kier alpha value is -0.610. The summed E-state index contributed by atoms with van der Waals surface area (Å²) in [6, 6.07) is 0.851. The van der Waals surface area contributed by atoms with E-state index >= 15 is 0 Å². The molecule has 0 aromatic rings. The molecule has 4 nitrogen and oxygen atoms in total. The molecular formula is C13H26N2O2. The standard InChI is InChI=1S/C13H26N2O2/c1-10(13(16)17-5)11(2)15(4)9-12-7-6-8-14(12)3/h10-12H,6-9H2,1-5H3. The maximum absolute atomic E-state index is 11.5. The van der Waals surface area contributed by atoms with E-state index in [1.165, 1.54) is 26.5 Å². The lowest BCUT2D eigenvalue weighted by Crippen LogP contribution is -2.44. The molecule has 0 amide bonds. The molecule has 4 heteroatoms. The van der Waals surface area contributed by atoms with Crippen molar-refractivity contribution >= 4 is 5.97 Å². The summed E-state index contributed by atoms with van der Waals surface area (Å²) in [7, 11) is 5.73.